The molecule has 1 aliphatic rings. The summed E-state index contributed by atoms with van der Waals surface area (Å²) in [6, 6.07) is 7.46. The molecule has 1 aromatic heterocycles. The van der Waals surface area contributed by atoms with Gasteiger partial charge in [-0.05, 0) is 50.8 Å². The SMILES string of the molecule is Cc1ncc(C)c(N2CCCC(Cc3cccc(Cl)c3)(C(=O)O)C2)n1. The second kappa shape index (κ2) is 7.00. The number of benzene rings is 1. The Hall–Kier alpha value is -2.14. The van der Waals surface area contributed by atoms with E-state index in [4.69, 9.17) is 11.6 Å². The maximum absolute atomic E-state index is 12.2. The van der Waals surface area contributed by atoms with Crippen molar-refractivity contribution in [2.24, 2.45) is 5.41 Å². The van der Waals surface area contributed by atoms with Gasteiger partial charge in [-0.1, -0.05) is 23.7 Å². The van der Waals surface area contributed by atoms with Gasteiger partial charge in [0.2, 0.25) is 0 Å². The van der Waals surface area contributed by atoms with Crippen LogP contribution >= 0.6 is 11.6 Å². The van der Waals surface area contributed by atoms with Crippen LogP contribution in [0.2, 0.25) is 5.02 Å². The lowest BCUT2D eigenvalue weighted by atomic mass is 9.75. The third-order valence-corrected chi connectivity index (χ3v) is 5.06. The molecule has 5 nitrogen and oxygen atoms in total. The lowest BCUT2D eigenvalue weighted by Crippen LogP contribution is -2.49. The first-order valence-corrected chi connectivity index (χ1v) is 8.80. The van der Waals surface area contributed by atoms with Gasteiger partial charge in [0.05, 0.1) is 5.41 Å². The number of hydrogen-bond acceptors (Lipinski definition) is 4. The minimum absolute atomic E-state index is 0.437. The normalized spacial score (nSPS) is 20.5. The summed E-state index contributed by atoms with van der Waals surface area (Å²) in [7, 11) is 0. The number of carbonyl (C=O) groups is 1. The van der Waals surface area contributed by atoms with E-state index in [2.05, 4.69) is 14.9 Å². The molecule has 1 fully saturated rings. The number of carboxylic acid groups (broad SMARTS) is 1. The Kier molecular flexibility index (Phi) is 4.95. The van der Waals surface area contributed by atoms with Crippen LogP contribution < -0.4 is 4.90 Å². The van der Waals surface area contributed by atoms with E-state index in [1.807, 2.05) is 32.0 Å². The summed E-state index contributed by atoms with van der Waals surface area (Å²) in [6.45, 7) is 5.06. The van der Waals surface area contributed by atoms with Crippen molar-refractivity contribution < 1.29 is 9.90 Å². The molecule has 0 aliphatic carbocycles. The van der Waals surface area contributed by atoms with E-state index in [-0.39, 0.29) is 0 Å². The molecular formula is C19H22ClN3O2. The molecule has 0 radical (unpaired) electrons. The topological polar surface area (TPSA) is 66.3 Å². The van der Waals surface area contributed by atoms with E-state index in [9.17, 15) is 9.90 Å². The van der Waals surface area contributed by atoms with Crippen LogP contribution in [0.3, 0.4) is 0 Å². The molecular weight excluding hydrogens is 338 g/mol. The van der Waals surface area contributed by atoms with Gasteiger partial charge >= 0.3 is 5.97 Å². The molecule has 3 rings (SSSR count). The molecule has 1 aliphatic heterocycles. The molecule has 2 heterocycles. The smallest absolute Gasteiger partial charge is 0.311 e. The number of hydrogen-bond donors (Lipinski definition) is 1. The summed E-state index contributed by atoms with van der Waals surface area (Å²) in [4.78, 5) is 23.0. The number of anilines is 1. The highest BCUT2D eigenvalue weighted by Crippen LogP contribution is 2.36. The van der Waals surface area contributed by atoms with Crippen LogP contribution in [0, 0.1) is 19.3 Å². The van der Waals surface area contributed by atoms with Crippen molar-refractivity contribution in [2.75, 3.05) is 18.0 Å². The Bertz CT molecular complexity index is 796. The molecule has 2 aromatic rings. The van der Waals surface area contributed by atoms with Gasteiger partial charge in [-0.2, -0.15) is 0 Å². The Labute approximate surface area is 152 Å². The molecule has 0 saturated carbocycles. The minimum atomic E-state index is -0.839. The molecule has 1 N–H and O–H groups in total. The number of aromatic nitrogens is 2. The number of piperidine rings is 1. The van der Waals surface area contributed by atoms with Gasteiger partial charge in [-0.25, -0.2) is 9.97 Å². The van der Waals surface area contributed by atoms with Crippen molar-refractivity contribution >= 4 is 23.4 Å². The van der Waals surface area contributed by atoms with E-state index in [1.165, 1.54) is 0 Å². The molecule has 6 heteroatoms. The highest BCUT2D eigenvalue weighted by atomic mass is 35.5. The Balaban J connectivity index is 1.91. The van der Waals surface area contributed by atoms with Gasteiger partial charge in [0.15, 0.2) is 0 Å². The summed E-state index contributed by atoms with van der Waals surface area (Å²) in [6.07, 6.45) is 3.72. The fourth-order valence-corrected chi connectivity index (χ4v) is 3.80. The molecule has 1 saturated heterocycles. The maximum atomic E-state index is 12.2. The molecule has 0 amide bonds. The van der Waals surface area contributed by atoms with Crippen molar-refractivity contribution in [2.45, 2.75) is 33.1 Å². The summed E-state index contributed by atoms with van der Waals surface area (Å²) >= 11 is 6.08. The van der Waals surface area contributed by atoms with E-state index in [0.717, 1.165) is 29.9 Å². The zero-order valence-corrected chi connectivity index (χ0v) is 15.3. The van der Waals surface area contributed by atoms with Crippen molar-refractivity contribution in [1.82, 2.24) is 9.97 Å². The monoisotopic (exact) mass is 359 g/mol. The second-order valence-corrected chi connectivity index (χ2v) is 7.28. The number of nitrogens with zero attached hydrogens (tertiary/aromatic N) is 3. The number of aliphatic carboxylic acids is 1. The van der Waals surface area contributed by atoms with Crippen LogP contribution in [0.4, 0.5) is 5.82 Å². The summed E-state index contributed by atoms with van der Waals surface area (Å²) < 4.78 is 0. The first-order valence-electron chi connectivity index (χ1n) is 8.43. The van der Waals surface area contributed by atoms with E-state index in [0.29, 0.717) is 30.2 Å². The van der Waals surface area contributed by atoms with Gasteiger partial charge in [-0.3, -0.25) is 4.79 Å². The standard InChI is InChI=1S/C19H22ClN3O2/c1-13-11-21-14(2)22-17(13)23-8-4-7-19(12-23,18(24)25)10-15-5-3-6-16(20)9-15/h3,5-6,9,11H,4,7-8,10,12H2,1-2H3,(H,24,25). The van der Waals surface area contributed by atoms with Crippen LogP contribution in [0.1, 0.15) is 29.8 Å². The summed E-state index contributed by atoms with van der Waals surface area (Å²) in [5.74, 6) is 0.770. The van der Waals surface area contributed by atoms with E-state index >= 15 is 0 Å². The van der Waals surface area contributed by atoms with E-state index < -0.39 is 11.4 Å². The lowest BCUT2D eigenvalue weighted by molar-refractivity contribution is -0.149. The first-order chi connectivity index (χ1) is 11.9. The summed E-state index contributed by atoms with van der Waals surface area (Å²) in [5.41, 5.74) is 1.08. The van der Waals surface area contributed by atoms with Crippen molar-refractivity contribution in [3.05, 3.63) is 52.4 Å². The highest BCUT2D eigenvalue weighted by molar-refractivity contribution is 6.30. The predicted molar refractivity (Wildman–Crippen MR) is 98.2 cm³/mol. The molecule has 1 aromatic carbocycles. The minimum Gasteiger partial charge on any atom is -0.481 e. The largest absolute Gasteiger partial charge is 0.481 e. The molecule has 132 valence electrons. The number of aryl methyl sites for hydroxylation is 2. The molecule has 1 unspecified atom stereocenters. The fourth-order valence-electron chi connectivity index (χ4n) is 3.58. The molecule has 1 atom stereocenters. The first kappa shape index (κ1) is 17.7. The van der Waals surface area contributed by atoms with Crippen LogP contribution in [0.25, 0.3) is 0 Å². The van der Waals surface area contributed by atoms with Crippen LogP contribution in [0.5, 0.6) is 0 Å². The second-order valence-electron chi connectivity index (χ2n) is 6.84. The highest BCUT2D eigenvalue weighted by Gasteiger charge is 2.43. The Morgan fingerprint density at radius 2 is 2.20 bits per heavy atom. The van der Waals surface area contributed by atoms with Crippen LogP contribution in [-0.4, -0.2) is 34.1 Å². The Morgan fingerprint density at radius 1 is 1.40 bits per heavy atom. The van der Waals surface area contributed by atoms with Crippen LogP contribution in [0.15, 0.2) is 30.5 Å². The quantitative estimate of drug-likeness (QED) is 0.902. The predicted octanol–water partition coefficient (Wildman–Crippen LogP) is 3.66. The van der Waals surface area contributed by atoms with Gasteiger partial charge in [0.1, 0.15) is 11.6 Å². The van der Waals surface area contributed by atoms with Crippen molar-refractivity contribution in [1.29, 1.82) is 0 Å². The Morgan fingerprint density at radius 3 is 2.92 bits per heavy atom. The third-order valence-electron chi connectivity index (χ3n) is 4.83. The van der Waals surface area contributed by atoms with Crippen molar-refractivity contribution in [3.8, 4) is 0 Å². The fraction of sp³-hybridized carbons (Fsp3) is 0.421. The summed E-state index contributed by atoms with van der Waals surface area (Å²) in [5, 5.41) is 10.6. The molecule has 0 bridgehead atoms. The molecule has 0 spiro atoms. The number of carboxylic acids is 1. The average Bonchev–Trinajstić information content (AvgIpc) is 2.57. The lowest BCUT2D eigenvalue weighted by Gasteiger charge is -2.41. The number of rotatable bonds is 4. The van der Waals surface area contributed by atoms with Crippen molar-refractivity contribution in [3.63, 3.8) is 0 Å². The van der Waals surface area contributed by atoms with E-state index in [1.54, 1.807) is 12.3 Å². The zero-order chi connectivity index (χ0) is 18.0. The maximum Gasteiger partial charge on any atom is 0.311 e. The van der Waals surface area contributed by atoms with Gasteiger partial charge in [0, 0.05) is 29.9 Å². The van der Waals surface area contributed by atoms with Gasteiger partial charge in [-0.15, -0.1) is 0 Å². The molecule has 25 heavy (non-hydrogen) atoms. The average molecular weight is 360 g/mol. The van der Waals surface area contributed by atoms with Gasteiger partial charge < -0.3 is 10.0 Å². The third kappa shape index (κ3) is 3.76. The number of halogens is 1. The zero-order valence-electron chi connectivity index (χ0n) is 14.5. The van der Waals surface area contributed by atoms with Crippen LogP contribution in [-0.2, 0) is 11.2 Å². The van der Waals surface area contributed by atoms with Gasteiger partial charge in [0.25, 0.3) is 0 Å².